The van der Waals surface area contributed by atoms with Crippen molar-refractivity contribution in [2.45, 2.75) is 19.8 Å². The molecule has 0 aliphatic heterocycles. The Hall–Kier alpha value is -3.41. The number of carboxylic acids is 1. The Morgan fingerprint density at radius 2 is 2.00 bits per heavy atom. The molecule has 0 fully saturated rings. The van der Waals surface area contributed by atoms with Crippen LogP contribution in [0.3, 0.4) is 0 Å². The van der Waals surface area contributed by atoms with E-state index in [1.807, 2.05) is 43.3 Å². The molecular formula is C21H21N3O3. The molecule has 0 saturated carbocycles. The number of aryl methyl sites for hydroxylation is 2. The molecule has 3 rings (SSSR count). The van der Waals surface area contributed by atoms with Crippen LogP contribution in [0.15, 0.2) is 54.7 Å². The van der Waals surface area contributed by atoms with Crippen molar-refractivity contribution in [3.8, 4) is 17.0 Å². The summed E-state index contributed by atoms with van der Waals surface area (Å²) < 4.78 is 5.13. The predicted molar refractivity (Wildman–Crippen MR) is 104 cm³/mol. The quantitative estimate of drug-likeness (QED) is 0.654. The zero-order chi connectivity index (χ0) is 19.2. The summed E-state index contributed by atoms with van der Waals surface area (Å²) in [7, 11) is 1.56. The van der Waals surface area contributed by atoms with Gasteiger partial charge in [0.05, 0.1) is 7.11 Å². The minimum absolute atomic E-state index is 0.122. The number of aromatic nitrogens is 2. The summed E-state index contributed by atoms with van der Waals surface area (Å²) in [5, 5.41) is 12.1. The highest BCUT2D eigenvalue weighted by molar-refractivity contribution is 5.72. The topological polar surface area (TPSA) is 84.3 Å². The summed E-state index contributed by atoms with van der Waals surface area (Å²) in [6, 6.07) is 15.8. The van der Waals surface area contributed by atoms with E-state index in [0.29, 0.717) is 18.2 Å². The van der Waals surface area contributed by atoms with Crippen LogP contribution in [0.5, 0.6) is 5.88 Å². The van der Waals surface area contributed by atoms with Gasteiger partial charge in [-0.15, -0.1) is 0 Å². The molecule has 6 heteroatoms. The molecule has 0 amide bonds. The van der Waals surface area contributed by atoms with Gasteiger partial charge in [-0.05, 0) is 47.7 Å². The van der Waals surface area contributed by atoms with E-state index < -0.39 is 5.97 Å². The number of anilines is 2. The summed E-state index contributed by atoms with van der Waals surface area (Å²) in [5.41, 5.74) is 5.04. The molecule has 1 aromatic heterocycles. The van der Waals surface area contributed by atoms with Crippen LogP contribution in [0.25, 0.3) is 11.1 Å². The molecule has 0 radical (unpaired) electrons. The largest absolute Gasteiger partial charge is 0.481 e. The summed E-state index contributed by atoms with van der Waals surface area (Å²) in [4.78, 5) is 19.3. The smallest absolute Gasteiger partial charge is 0.303 e. The van der Waals surface area contributed by atoms with E-state index >= 15 is 0 Å². The van der Waals surface area contributed by atoms with E-state index in [9.17, 15) is 4.79 Å². The molecule has 0 spiro atoms. The third kappa shape index (κ3) is 5.04. The highest BCUT2D eigenvalue weighted by atomic mass is 16.5. The van der Waals surface area contributed by atoms with Crippen LogP contribution in [-0.4, -0.2) is 28.2 Å². The summed E-state index contributed by atoms with van der Waals surface area (Å²) >= 11 is 0. The third-order valence-corrected chi connectivity index (χ3v) is 4.06. The summed E-state index contributed by atoms with van der Waals surface area (Å²) in [6.07, 6.45) is 2.27. The predicted octanol–water partition coefficient (Wildman–Crippen LogP) is 4.22. The van der Waals surface area contributed by atoms with Crippen molar-refractivity contribution in [3.05, 3.63) is 65.9 Å². The van der Waals surface area contributed by atoms with Crippen LogP contribution in [0.2, 0.25) is 0 Å². The van der Waals surface area contributed by atoms with Gasteiger partial charge in [0.1, 0.15) is 0 Å². The van der Waals surface area contributed by atoms with Gasteiger partial charge in [0.2, 0.25) is 11.8 Å². The van der Waals surface area contributed by atoms with Gasteiger partial charge in [-0.1, -0.05) is 30.3 Å². The lowest BCUT2D eigenvalue weighted by molar-refractivity contribution is -0.136. The number of hydrogen-bond acceptors (Lipinski definition) is 5. The minimum atomic E-state index is -0.791. The molecule has 0 aliphatic carbocycles. The van der Waals surface area contributed by atoms with Gasteiger partial charge in [-0.25, -0.2) is 4.98 Å². The highest BCUT2D eigenvalue weighted by Gasteiger charge is 2.06. The fraction of sp³-hybridized carbons (Fsp3) is 0.190. The van der Waals surface area contributed by atoms with E-state index in [4.69, 9.17) is 9.84 Å². The Labute approximate surface area is 157 Å². The number of carboxylic acid groups (broad SMARTS) is 1. The Morgan fingerprint density at radius 1 is 1.15 bits per heavy atom. The molecule has 6 nitrogen and oxygen atoms in total. The normalized spacial score (nSPS) is 10.4. The van der Waals surface area contributed by atoms with E-state index in [1.54, 1.807) is 19.4 Å². The Kier molecular flexibility index (Phi) is 5.66. The minimum Gasteiger partial charge on any atom is -0.481 e. The molecule has 0 aliphatic rings. The van der Waals surface area contributed by atoms with E-state index in [1.165, 1.54) is 0 Å². The fourth-order valence-corrected chi connectivity index (χ4v) is 2.82. The average molecular weight is 363 g/mol. The van der Waals surface area contributed by atoms with Gasteiger partial charge in [-0.2, -0.15) is 4.98 Å². The van der Waals surface area contributed by atoms with Crippen molar-refractivity contribution in [1.82, 2.24) is 9.97 Å². The van der Waals surface area contributed by atoms with Crippen molar-refractivity contribution >= 4 is 17.6 Å². The first kappa shape index (κ1) is 18.4. The lowest BCUT2D eigenvalue weighted by Crippen LogP contribution is -1.99. The Balaban J connectivity index is 1.86. The number of nitrogens with zero attached hydrogens (tertiary/aromatic N) is 2. The third-order valence-electron chi connectivity index (χ3n) is 4.06. The molecular weight excluding hydrogens is 342 g/mol. The number of benzene rings is 2. The van der Waals surface area contributed by atoms with E-state index in [2.05, 4.69) is 21.4 Å². The fourth-order valence-electron chi connectivity index (χ4n) is 2.82. The van der Waals surface area contributed by atoms with Crippen LogP contribution in [0, 0.1) is 6.92 Å². The molecule has 0 saturated heterocycles. The second-order valence-corrected chi connectivity index (χ2v) is 6.23. The van der Waals surface area contributed by atoms with Gasteiger partial charge < -0.3 is 15.2 Å². The van der Waals surface area contributed by atoms with Crippen LogP contribution >= 0.6 is 0 Å². The molecule has 27 heavy (non-hydrogen) atoms. The van der Waals surface area contributed by atoms with Crippen LogP contribution in [0.4, 0.5) is 11.6 Å². The molecule has 2 N–H and O–H groups in total. The number of rotatable bonds is 7. The van der Waals surface area contributed by atoms with Crippen LogP contribution in [-0.2, 0) is 11.2 Å². The average Bonchev–Trinajstić information content (AvgIpc) is 2.66. The molecule has 0 atom stereocenters. The van der Waals surface area contributed by atoms with Gasteiger partial charge >= 0.3 is 5.97 Å². The standard InChI is InChI=1S/C21H21N3O3/c1-14-10-17(16-5-3-4-15(12-16)6-7-20(25)26)13-18(11-14)23-21-22-9-8-19(24-21)27-2/h3-5,8-13H,6-7H2,1-2H3,(H,25,26)(H,22,23,24). The van der Waals surface area contributed by atoms with Crippen LogP contribution in [0.1, 0.15) is 17.5 Å². The van der Waals surface area contributed by atoms with Crippen molar-refractivity contribution in [1.29, 1.82) is 0 Å². The van der Waals surface area contributed by atoms with Gasteiger partial charge in [0.15, 0.2) is 0 Å². The molecule has 1 heterocycles. The first-order chi connectivity index (χ1) is 13.0. The monoisotopic (exact) mass is 363 g/mol. The number of ether oxygens (including phenoxy) is 1. The Bertz CT molecular complexity index is 957. The number of hydrogen-bond donors (Lipinski definition) is 2. The number of methoxy groups -OCH3 is 1. The second-order valence-electron chi connectivity index (χ2n) is 6.23. The highest BCUT2D eigenvalue weighted by Crippen LogP contribution is 2.27. The van der Waals surface area contributed by atoms with Gasteiger partial charge in [-0.3, -0.25) is 4.79 Å². The zero-order valence-corrected chi connectivity index (χ0v) is 15.3. The van der Waals surface area contributed by atoms with Crippen molar-refractivity contribution in [3.63, 3.8) is 0 Å². The van der Waals surface area contributed by atoms with E-state index in [-0.39, 0.29) is 6.42 Å². The molecule has 2 aromatic carbocycles. The molecule has 0 unspecified atom stereocenters. The maximum absolute atomic E-state index is 10.8. The summed E-state index contributed by atoms with van der Waals surface area (Å²) in [5.74, 6) is 0.161. The number of aliphatic carboxylic acids is 1. The maximum atomic E-state index is 10.8. The Morgan fingerprint density at radius 3 is 2.78 bits per heavy atom. The maximum Gasteiger partial charge on any atom is 0.303 e. The zero-order valence-electron chi connectivity index (χ0n) is 15.3. The van der Waals surface area contributed by atoms with Crippen molar-refractivity contribution < 1.29 is 14.6 Å². The SMILES string of the molecule is COc1ccnc(Nc2cc(C)cc(-c3cccc(CCC(=O)O)c3)c2)n1. The van der Waals surface area contributed by atoms with Gasteiger partial charge in [0, 0.05) is 24.4 Å². The molecule has 138 valence electrons. The number of carbonyl (C=O) groups is 1. The lowest BCUT2D eigenvalue weighted by atomic mass is 9.99. The number of nitrogens with one attached hydrogen (secondary N) is 1. The van der Waals surface area contributed by atoms with Crippen LogP contribution < -0.4 is 10.1 Å². The first-order valence-corrected chi connectivity index (χ1v) is 8.60. The molecule has 3 aromatic rings. The first-order valence-electron chi connectivity index (χ1n) is 8.60. The second kappa shape index (κ2) is 8.31. The van der Waals surface area contributed by atoms with Crippen molar-refractivity contribution in [2.24, 2.45) is 0 Å². The molecule has 0 bridgehead atoms. The van der Waals surface area contributed by atoms with Gasteiger partial charge in [0.25, 0.3) is 0 Å². The lowest BCUT2D eigenvalue weighted by Gasteiger charge is -2.11. The van der Waals surface area contributed by atoms with Crippen molar-refractivity contribution in [2.75, 3.05) is 12.4 Å². The van der Waals surface area contributed by atoms with E-state index in [0.717, 1.165) is 27.9 Å². The summed E-state index contributed by atoms with van der Waals surface area (Å²) in [6.45, 7) is 2.02.